The molecule has 0 rings (SSSR count). The first kappa shape index (κ1) is 33.6. The molecule has 0 aromatic heterocycles. The fourth-order valence-corrected chi connectivity index (χ4v) is 3.17. The lowest BCUT2D eigenvalue weighted by Gasteiger charge is -2.42. The quantitative estimate of drug-likeness (QED) is 0.363. The van der Waals surface area contributed by atoms with Gasteiger partial charge in [-0.3, -0.25) is 0 Å². The van der Waals surface area contributed by atoms with Gasteiger partial charge in [-0.2, -0.15) is 78.9 Å². The highest BCUT2D eigenvalue weighted by Gasteiger charge is 2.96. The number of hydrogen-bond donors (Lipinski definition) is 2. The van der Waals surface area contributed by atoms with E-state index in [4.69, 9.17) is 10.2 Å². The number of nitrogens with zero attached hydrogens (tertiary/aromatic N) is 1. The van der Waals surface area contributed by atoms with Crippen molar-refractivity contribution in [2.24, 2.45) is 0 Å². The Labute approximate surface area is 182 Å². The van der Waals surface area contributed by atoms with Crippen molar-refractivity contribution in [3.05, 3.63) is 0 Å². The molecule has 5 nitrogen and oxygen atoms in total. The maximum atomic E-state index is 13.8. The Morgan fingerprint density at radius 3 is 1.20 bits per heavy atom. The van der Waals surface area contributed by atoms with Crippen LogP contribution in [0.25, 0.3) is 0 Å². The molecular formula is C12H10F17NO4S. The molecule has 0 spiro atoms. The maximum absolute atomic E-state index is 13.8. The third-order valence-electron chi connectivity index (χ3n) is 4.11. The van der Waals surface area contributed by atoms with E-state index in [-0.39, 0.29) is 7.05 Å². The monoisotopic (exact) mass is 587 g/mol. The van der Waals surface area contributed by atoms with Gasteiger partial charge in [0.15, 0.2) is 0 Å². The normalized spacial score (nSPS) is 17.2. The number of sulfonamides is 1. The van der Waals surface area contributed by atoms with Crippen LogP contribution in [0, 0.1) is 0 Å². The van der Waals surface area contributed by atoms with Crippen LogP contribution in [-0.4, -0.2) is 96.2 Å². The van der Waals surface area contributed by atoms with E-state index in [2.05, 4.69) is 0 Å². The van der Waals surface area contributed by atoms with Crippen LogP contribution in [0.2, 0.25) is 0 Å². The summed E-state index contributed by atoms with van der Waals surface area (Å²) in [5.41, 5.74) is 0. The number of hydrogen-bond acceptors (Lipinski definition) is 4. The van der Waals surface area contributed by atoms with Crippen molar-refractivity contribution in [1.29, 1.82) is 0 Å². The Kier molecular flexibility index (Phi) is 8.54. The van der Waals surface area contributed by atoms with Crippen molar-refractivity contribution in [2.45, 2.75) is 53.1 Å². The Morgan fingerprint density at radius 2 is 0.914 bits per heavy atom. The van der Waals surface area contributed by atoms with Crippen LogP contribution in [-0.2, 0) is 10.0 Å². The topological polar surface area (TPSA) is 77.8 Å². The first-order chi connectivity index (χ1) is 14.9. The highest BCUT2D eigenvalue weighted by atomic mass is 32.2. The van der Waals surface area contributed by atoms with E-state index in [1.54, 1.807) is 0 Å². The van der Waals surface area contributed by atoms with E-state index in [0.29, 0.717) is 0 Å². The molecule has 35 heavy (non-hydrogen) atoms. The fourth-order valence-electron chi connectivity index (χ4n) is 1.96. The largest absolute Gasteiger partial charge is 0.460 e. The Balaban J connectivity index is 6.91. The fraction of sp³-hybridized carbons (Fsp3) is 1.00. The van der Waals surface area contributed by atoms with Crippen molar-refractivity contribution in [3.8, 4) is 0 Å². The minimum Gasteiger partial charge on any atom is -0.394 e. The molecule has 0 aliphatic rings. The first-order valence-electron chi connectivity index (χ1n) is 7.84. The lowest BCUT2D eigenvalue weighted by atomic mass is 9.91. The predicted molar refractivity (Wildman–Crippen MR) is 75.3 cm³/mol. The lowest BCUT2D eigenvalue weighted by Crippen LogP contribution is -2.75. The number of likely N-dealkylation sites (N-methyl/N-ethyl adjacent to an activating group) is 1. The maximum Gasteiger partial charge on any atom is 0.460 e. The molecule has 0 bridgehead atoms. The summed E-state index contributed by atoms with van der Waals surface area (Å²) in [7, 11) is -7.72. The van der Waals surface area contributed by atoms with Gasteiger partial charge in [0.2, 0.25) is 0 Å². The van der Waals surface area contributed by atoms with Crippen LogP contribution in [0.1, 0.15) is 0 Å². The van der Waals surface area contributed by atoms with Gasteiger partial charge in [-0.05, 0) is 0 Å². The van der Waals surface area contributed by atoms with Gasteiger partial charge in [0.05, 0.1) is 12.7 Å². The first-order valence-corrected chi connectivity index (χ1v) is 9.28. The summed E-state index contributed by atoms with van der Waals surface area (Å²) in [6, 6.07) is 0. The van der Waals surface area contributed by atoms with Crippen LogP contribution in [0.3, 0.4) is 0 Å². The number of aliphatic hydroxyl groups is 2. The van der Waals surface area contributed by atoms with Crippen LogP contribution < -0.4 is 0 Å². The van der Waals surface area contributed by atoms with E-state index in [1.807, 2.05) is 0 Å². The number of alkyl halides is 17. The lowest BCUT2D eigenvalue weighted by molar-refractivity contribution is -0.458. The van der Waals surface area contributed by atoms with Gasteiger partial charge in [0.25, 0.3) is 10.0 Å². The molecule has 212 valence electrons. The summed E-state index contributed by atoms with van der Waals surface area (Å²) in [5.74, 6) is -52.0. The molecule has 0 radical (unpaired) electrons. The number of rotatable bonds is 11. The van der Waals surface area contributed by atoms with Crippen LogP contribution in [0.5, 0.6) is 0 Å². The zero-order valence-electron chi connectivity index (χ0n) is 16.0. The van der Waals surface area contributed by atoms with Crippen molar-refractivity contribution in [2.75, 3.05) is 20.2 Å². The third-order valence-corrected chi connectivity index (χ3v) is 5.98. The van der Waals surface area contributed by atoms with Crippen LogP contribution in [0.15, 0.2) is 0 Å². The summed E-state index contributed by atoms with van der Waals surface area (Å²) < 4.78 is 245. The molecule has 0 aromatic rings. The molecule has 23 heteroatoms. The molecule has 0 heterocycles. The molecule has 0 saturated heterocycles. The van der Waals surface area contributed by atoms with Crippen LogP contribution in [0.4, 0.5) is 74.6 Å². The Morgan fingerprint density at radius 1 is 0.629 bits per heavy atom. The van der Waals surface area contributed by atoms with E-state index in [9.17, 15) is 83.1 Å². The minimum atomic E-state index is -8.91. The second-order valence-electron chi connectivity index (χ2n) is 6.58. The second kappa shape index (κ2) is 8.89. The minimum absolute atomic E-state index is 0.249. The zero-order chi connectivity index (χ0) is 29.1. The summed E-state index contributed by atoms with van der Waals surface area (Å²) >= 11 is 0. The standard InChI is InChI=1S/C12H10F17NO4S/c1-30(2-4(32)3-31)35(33,34)12(28,29)10(23,24)8(19,20)6(15,16)5(13,14)7(17,18)9(21,22)11(25,26)27/h4,31-32H,2-3H2,1H3. The van der Waals surface area contributed by atoms with E-state index >= 15 is 0 Å². The summed E-state index contributed by atoms with van der Waals surface area (Å²) in [6.07, 6.45) is -10.3. The SMILES string of the molecule is CN(CC(O)CO)S(=O)(=O)C(F)(F)C(F)(F)C(F)(F)C(F)(F)C(F)(F)C(F)(F)C(F)(F)C(F)(F)F. The van der Waals surface area contributed by atoms with Gasteiger partial charge in [-0.25, -0.2) is 8.42 Å². The molecule has 2 N–H and O–H groups in total. The number of halogens is 17. The van der Waals surface area contributed by atoms with Gasteiger partial charge in [0, 0.05) is 13.6 Å². The molecule has 0 amide bonds. The molecule has 1 unspecified atom stereocenters. The highest BCUT2D eigenvalue weighted by molar-refractivity contribution is 7.90. The second-order valence-corrected chi connectivity index (χ2v) is 8.67. The van der Waals surface area contributed by atoms with Crippen molar-refractivity contribution < 1.29 is 93.3 Å². The molecule has 0 aliphatic carbocycles. The molecule has 0 aromatic carbocycles. The van der Waals surface area contributed by atoms with Gasteiger partial charge in [0.1, 0.15) is 0 Å². The zero-order valence-corrected chi connectivity index (χ0v) is 16.8. The van der Waals surface area contributed by atoms with Crippen molar-refractivity contribution in [3.63, 3.8) is 0 Å². The molecule has 0 saturated carbocycles. The highest BCUT2D eigenvalue weighted by Crippen LogP contribution is 2.64. The van der Waals surface area contributed by atoms with Gasteiger partial charge in [-0.1, -0.05) is 0 Å². The smallest absolute Gasteiger partial charge is 0.394 e. The van der Waals surface area contributed by atoms with Gasteiger partial charge < -0.3 is 10.2 Å². The molecular weight excluding hydrogens is 577 g/mol. The molecule has 0 aliphatic heterocycles. The van der Waals surface area contributed by atoms with E-state index < -0.39 is 80.6 Å². The molecule has 1 atom stereocenters. The van der Waals surface area contributed by atoms with Gasteiger partial charge in [-0.15, -0.1) is 0 Å². The average Bonchev–Trinajstić information content (AvgIpc) is 2.65. The molecule has 0 fully saturated rings. The van der Waals surface area contributed by atoms with Gasteiger partial charge >= 0.3 is 47.0 Å². The summed E-state index contributed by atoms with van der Waals surface area (Å²) in [6.45, 7) is -3.40. The van der Waals surface area contributed by atoms with Crippen molar-refractivity contribution >= 4 is 10.0 Å². The predicted octanol–water partition coefficient (Wildman–Crippen LogP) is 3.57. The van der Waals surface area contributed by atoms with E-state index in [1.165, 1.54) is 0 Å². The summed E-state index contributed by atoms with van der Waals surface area (Å²) in [5, 5.41) is 9.60. The Bertz CT molecular complexity index is 869. The third kappa shape index (κ3) is 4.49. The van der Waals surface area contributed by atoms with Crippen molar-refractivity contribution in [1.82, 2.24) is 4.31 Å². The number of aliphatic hydroxyl groups excluding tert-OH is 2. The van der Waals surface area contributed by atoms with E-state index in [0.717, 1.165) is 0 Å². The van der Waals surface area contributed by atoms with Crippen LogP contribution >= 0.6 is 0 Å². The Hall–Kier alpha value is -1.36. The summed E-state index contributed by atoms with van der Waals surface area (Å²) in [4.78, 5) is 0. The average molecular weight is 587 g/mol.